The van der Waals surface area contributed by atoms with Crippen LogP contribution >= 0.6 is 23.2 Å². The standard InChI is InChI=1S/C12H12Cl2O2/c1-2-16-12(15)9-6-8(9)7-3-4-10(13)11(14)5-7/h3-5,8-9H,2,6H2,1H3/t8-,9+/m0/s1. The maximum absolute atomic E-state index is 11.5. The van der Waals surface area contributed by atoms with Crippen LogP contribution in [0.1, 0.15) is 24.8 Å². The van der Waals surface area contributed by atoms with Crippen molar-refractivity contribution in [2.75, 3.05) is 6.61 Å². The number of carbonyl (C=O) groups excluding carboxylic acids is 1. The van der Waals surface area contributed by atoms with Crippen molar-refractivity contribution in [1.29, 1.82) is 0 Å². The van der Waals surface area contributed by atoms with Gasteiger partial charge in [0.15, 0.2) is 0 Å². The highest BCUT2D eigenvalue weighted by Gasteiger charge is 2.45. The predicted molar refractivity (Wildman–Crippen MR) is 63.9 cm³/mol. The summed E-state index contributed by atoms with van der Waals surface area (Å²) < 4.78 is 4.97. The highest BCUT2D eigenvalue weighted by molar-refractivity contribution is 6.42. The Bertz CT molecular complexity index is 417. The topological polar surface area (TPSA) is 26.3 Å². The van der Waals surface area contributed by atoms with Gasteiger partial charge < -0.3 is 4.74 Å². The normalized spacial score (nSPS) is 22.9. The van der Waals surface area contributed by atoms with E-state index in [0.29, 0.717) is 16.7 Å². The molecule has 0 saturated heterocycles. The third kappa shape index (κ3) is 2.33. The zero-order chi connectivity index (χ0) is 11.7. The molecule has 1 saturated carbocycles. The number of halogens is 2. The Hall–Kier alpha value is -0.730. The van der Waals surface area contributed by atoms with Crippen molar-refractivity contribution in [2.24, 2.45) is 5.92 Å². The van der Waals surface area contributed by atoms with Gasteiger partial charge in [0.05, 0.1) is 22.6 Å². The maximum atomic E-state index is 11.5. The van der Waals surface area contributed by atoms with Crippen molar-refractivity contribution in [1.82, 2.24) is 0 Å². The van der Waals surface area contributed by atoms with Crippen molar-refractivity contribution in [3.05, 3.63) is 33.8 Å². The quantitative estimate of drug-likeness (QED) is 0.774. The number of hydrogen-bond acceptors (Lipinski definition) is 2. The summed E-state index contributed by atoms with van der Waals surface area (Å²) in [6, 6.07) is 5.51. The number of hydrogen-bond donors (Lipinski definition) is 0. The van der Waals surface area contributed by atoms with E-state index in [1.54, 1.807) is 6.07 Å². The average molecular weight is 259 g/mol. The van der Waals surface area contributed by atoms with Crippen molar-refractivity contribution < 1.29 is 9.53 Å². The van der Waals surface area contributed by atoms with E-state index in [4.69, 9.17) is 27.9 Å². The molecular weight excluding hydrogens is 247 g/mol. The number of carbonyl (C=O) groups is 1. The lowest BCUT2D eigenvalue weighted by Gasteiger charge is -2.03. The van der Waals surface area contributed by atoms with Gasteiger partial charge in [-0.15, -0.1) is 0 Å². The van der Waals surface area contributed by atoms with Crippen molar-refractivity contribution >= 4 is 29.2 Å². The highest BCUT2D eigenvalue weighted by Crippen LogP contribution is 2.49. The second-order valence-corrected chi connectivity index (χ2v) is 4.69. The molecule has 0 bridgehead atoms. The lowest BCUT2D eigenvalue weighted by Crippen LogP contribution is -2.07. The number of esters is 1. The molecule has 0 heterocycles. The molecule has 0 radical (unpaired) electrons. The summed E-state index contributed by atoms with van der Waals surface area (Å²) >= 11 is 11.8. The summed E-state index contributed by atoms with van der Waals surface area (Å²) in [6.07, 6.45) is 0.844. The fourth-order valence-corrected chi connectivity index (χ4v) is 2.12. The summed E-state index contributed by atoms with van der Waals surface area (Å²) in [6.45, 7) is 2.25. The highest BCUT2D eigenvalue weighted by atomic mass is 35.5. The van der Waals surface area contributed by atoms with Crippen LogP contribution in [0.2, 0.25) is 10.0 Å². The minimum Gasteiger partial charge on any atom is -0.466 e. The second kappa shape index (κ2) is 4.64. The SMILES string of the molecule is CCOC(=O)[C@@H]1C[C@H]1c1ccc(Cl)c(Cl)c1. The molecule has 4 heteroatoms. The summed E-state index contributed by atoms with van der Waals surface area (Å²) in [5, 5.41) is 1.08. The zero-order valence-electron chi connectivity index (χ0n) is 8.87. The first-order valence-electron chi connectivity index (χ1n) is 5.25. The van der Waals surface area contributed by atoms with Crippen LogP contribution in [-0.2, 0) is 9.53 Å². The third-order valence-electron chi connectivity index (χ3n) is 2.75. The Morgan fingerprint density at radius 3 is 2.81 bits per heavy atom. The van der Waals surface area contributed by atoms with E-state index in [0.717, 1.165) is 12.0 Å². The predicted octanol–water partition coefficient (Wildman–Crippen LogP) is 3.66. The average Bonchev–Trinajstić information content (AvgIpc) is 3.02. The lowest BCUT2D eigenvalue weighted by molar-refractivity contribution is -0.144. The molecule has 2 atom stereocenters. The molecule has 1 aromatic rings. The maximum Gasteiger partial charge on any atom is 0.309 e. The summed E-state index contributed by atoms with van der Waals surface area (Å²) in [5.41, 5.74) is 1.06. The van der Waals surface area contributed by atoms with Gasteiger partial charge in [-0.05, 0) is 37.0 Å². The second-order valence-electron chi connectivity index (χ2n) is 3.87. The molecule has 0 spiro atoms. The first-order valence-corrected chi connectivity index (χ1v) is 6.00. The van der Waals surface area contributed by atoms with Gasteiger partial charge in [0.2, 0.25) is 0 Å². The number of benzene rings is 1. The summed E-state index contributed by atoms with van der Waals surface area (Å²) in [5.74, 6) is 0.129. The summed E-state index contributed by atoms with van der Waals surface area (Å²) in [7, 11) is 0. The molecule has 2 nitrogen and oxygen atoms in total. The van der Waals surface area contributed by atoms with Crippen LogP contribution in [0.3, 0.4) is 0 Å². The van der Waals surface area contributed by atoms with Crippen LogP contribution in [0.4, 0.5) is 0 Å². The van der Waals surface area contributed by atoms with E-state index >= 15 is 0 Å². The van der Waals surface area contributed by atoms with Crippen LogP contribution in [-0.4, -0.2) is 12.6 Å². The minimum atomic E-state index is -0.112. The van der Waals surface area contributed by atoms with E-state index < -0.39 is 0 Å². The van der Waals surface area contributed by atoms with Gasteiger partial charge >= 0.3 is 5.97 Å². The van der Waals surface area contributed by atoms with Gasteiger partial charge in [-0.3, -0.25) is 4.79 Å². The molecule has 1 fully saturated rings. The molecule has 1 aliphatic rings. The largest absolute Gasteiger partial charge is 0.466 e. The molecule has 1 aromatic carbocycles. The van der Waals surface area contributed by atoms with Crippen LogP contribution in [0, 0.1) is 5.92 Å². The molecular formula is C12H12Cl2O2. The van der Waals surface area contributed by atoms with E-state index in [1.165, 1.54) is 0 Å². The van der Waals surface area contributed by atoms with Crippen molar-refractivity contribution in [2.45, 2.75) is 19.3 Å². The lowest BCUT2D eigenvalue weighted by atomic mass is 10.1. The van der Waals surface area contributed by atoms with Crippen LogP contribution in [0.15, 0.2) is 18.2 Å². The Morgan fingerprint density at radius 1 is 1.44 bits per heavy atom. The van der Waals surface area contributed by atoms with Gasteiger partial charge in [-0.2, -0.15) is 0 Å². The fourth-order valence-electron chi connectivity index (χ4n) is 1.82. The molecule has 1 aliphatic carbocycles. The molecule has 0 aliphatic heterocycles. The van der Waals surface area contributed by atoms with E-state index in [1.807, 2.05) is 19.1 Å². The molecule has 16 heavy (non-hydrogen) atoms. The van der Waals surface area contributed by atoms with Crippen molar-refractivity contribution in [3.8, 4) is 0 Å². The van der Waals surface area contributed by atoms with Gasteiger partial charge in [-0.1, -0.05) is 29.3 Å². The van der Waals surface area contributed by atoms with E-state index in [2.05, 4.69) is 0 Å². The third-order valence-corrected chi connectivity index (χ3v) is 3.49. The van der Waals surface area contributed by atoms with E-state index in [-0.39, 0.29) is 17.8 Å². The smallest absolute Gasteiger partial charge is 0.309 e. The zero-order valence-corrected chi connectivity index (χ0v) is 10.4. The molecule has 2 rings (SSSR count). The summed E-state index contributed by atoms with van der Waals surface area (Å²) in [4.78, 5) is 11.5. The molecule has 0 amide bonds. The van der Waals surface area contributed by atoms with Gasteiger partial charge in [0.1, 0.15) is 0 Å². The Labute approximate surface area is 104 Å². The molecule has 0 N–H and O–H groups in total. The molecule has 0 unspecified atom stereocenters. The van der Waals surface area contributed by atoms with Crippen LogP contribution in [0.5, 0.6) is 0 Å². The monoisotopic (exact) mass is 258 g/mol. The Morgan fingerprint density at radius 2 is 2.19 bits per heavy atom. The first kappa shape index (κ1) is 11.7. The Kier molecular flexibility index (Phi) is 3.41. The fraction of sp³-hybridized carbons (Fsp3) is 0.417. The van der Waals surface area contributed by atoms with Gasteiger partial charge in [0.25, 0.3) is 0 Å². The first-order chi connectivity index (χ1) is 7.63. The van der Waals surface area contributed by atoms with E-state index in [9.17, 15) is 4.79 Å². The van der Waals surface area contributed by atoms with Crippen LogP contribution < -0.4 is 0 Å². The number of ether oxygens (including phenoxy) is 1. The van der Waals surface area contributed by atoms with Crippen LogP contribution in [0.25, 0.3) is 0 Å². The van der Waals surface area contributed by atoms with Gasteiger partial charge in [0, 0.05) is 0 Å². The minimum absolute atomic E-state index is 0.00260. The number of rotatable bonds is 3. The van der Waals surface area contributed by atoms with Gasteiger partial charge in [-0.25, -0.2) is 0 Å². The van der Waals surface area contributed by atoms with Crippen molar-refractivity contribution in [3.63, 3.8) is 0 Å². The molecule has 0 aromatic heterocycles. The Balaban J connectivity index is 2.06. The molecule has 86 valence electrons.